The van der Waals surface area contributed by atoms with E-state index in [0.717, 1.165) is 32.8 Å². The maximum absolute atomic E-state index is 12.4. The van der Waals surface area contributed by atoms with Gasteiger partial charge in [-0.15, -0.1) is 0 Å². The van der Waals surface area contributed by atoms with Gasteiger partial charge in [0.15, 0.2) is 5.11 Å². The molecule has 0 bridgehead atoms. The third kappa shape index (κ3) is 4.29. The maximum atomic E-state index is 12.4. The number of rotatable bonds is 6. The van der Waals surface area contributed by atoms with Crippen molar-refractivity contribution in [3.63, 3.8) is 0 Å². The molecule has 2 unspecified atom stereocenters. The largest absolute Gasteiger partial charge is 0.465 e. The highest BCUT2D eigenvalue weighted by Gasteiger charge is 2.42. The van der Waals surface area contributed by atoms with Crippen LogP contribution in [0.25, 0.3) is 5.69 Å². The lowest BCUT2D eigenvalue weighted by Crippen LogP contribution is -2.35. The van der Waals surface area contributed by atoms with E-state index in [1.54, 1.807) is 13.1 Å². The van der Waals surface area contributed by atoms with Crippen LogP contribution < -0.4 is 5.32 Å². The topological polar surface area (TPSA) is 59.4 Å². The van der Waals surface area contributed by atoms with Crippen molar-refractivity contribution < 1.29 is 9.53 Å². The molecule has 1 fully saturated rings. The summed E-state index contributed by atoms with van der Waals surface area (Å²) < 4.78 is 8.46. The fraction of sp³-hybridized carbons (Fsp3) is 0.292. The molecule has 1 aliphatic rings. The van der Waals surface area contributed by atoms with Gasteiger partial charge in [-0.1, -0.05) is 28.1 Å². The van der Waals surface area contributed by atoms with E-state index in [2.05, 4.69) is 62.8 Å². The number of benzene rings is 1. The highest BCUT2D eigenvalue weighted by molar-refractivity contribution is 9.10. The molecular formula is C24H25BrN4O2S. The Kier molecular flexibility index (Phi) is 6.62. The number of nitrogens with zero attached hydrogens (tertiary/aromatic N) is 3. The number of hydrogen-bond donors (Lipinski definition) is 1. The summed E-state index contributed by atoms with van der Waals surface area (Å²) in [6, 6.07) is 15.8. The maximum Gasteiger partial charge on any atom is 0.325 e. The van der Waals surface area contributed by atoms with Gasteiger partial charge in [-0.2, -0.15) is 0 Å². The van der Waals surface area contributed by atoms with Gasteiger partial charge in [-0.3, -0.25) is 9.78 Å². The lowest BCUT2D eigenvalue weighted by atomic mass is 9.97. The third-order valence-corrected chi connectivity index (χ3v) is 6.50. The number of pyridine rings is 1. The van der Waals surface area contributed by atoms with Gasteiger partial charge in [0, 0.05) is 27.7 Å². The van der Waals surface area contributed by atoms with Crippen molar-refractivity contribution in [3.8, 4) is 5.69 Å². The average Bonchev–Trinajstić information content (AvgIpc) is 3.24. The van der Waals surface area contributed by atoms with Crippen LogP contribution in [0.15, 0.2) is 59.2 Å². The van der Waals surface area contributed by atoms with Crippen LogP contribution in [-0.2, 0) is 9.53 Å². The molecule has 1 N–H and O–H groups in total. The van der Waals surface area contributed by atoms with Crippen LogP contribution in [0.2, 0.25) is 0 Å². The Balaban J connectivity index is 1.81. The van der Waals surface area contributed by atoms with Gasteiger partial charge in [0.1, 0.15) is 6.54 Å². The molecule has 6 nitrogen and oxygen atoms in total. The van der Waals surface area contributed by atoms with Gasteiger partial charge in [-0.25, -0.2) is 0 Å². The monoisotopic (exact) mass is 512 g/mol. The Bertz CT molecular complexity index is 1150. The van der Waals surface area contributed by atoms with E-state index in [9.17, 15) is 4.79 Å². The first-order valence-electron chi connectivity index (χ1n) is 10.5. The number of thiocarbonyl (C=S) groups is 1. The van der Waals surface area contributed by atoms with E-state index in [1.165, 1.54) is 0 Å². The number of hydrogen-bond acceptors (Lipinski definition) is 4. The van der Waals surface area contributed by atoms with Crippen molar-refractivity contribution in [2.24, 2.45) is 0 Å². The van der Waals surface area contributed by atoms with E-state index in [4.69, 9.17) is 17.0 Å². The van der Waals surface area contributed by atoms with Gasteiger partial charge in [0.2, 0.25) is 0 Å². The van der Waals surface area contributed by atoms with Gasteiger partial charge in [0.25, 0.3) is 0 Å². The Morgan fingerprint density at radius 3 is 2.72 bits per heavy atom. The van der Waals surface area contributed by atoms with Crippen LogP contribution in [0.1, 0.15) is 41.7 Å². The van der Waals surface area contributed by atoms with Gasteiger partial charge >= 0.3 is 5.97 Å². The first-order chi connectivity index (χ1) is 15.4. The number of carbonyl (C=O) groups excluding carboxylic acids is 1. The minimum absolute atomic E-state index is 0.0776. The molecule has 8 heteroatoms. The van der Waals surface area contributed by atoms with Gasteiger partial charge < -0.3 is 19.5 Å². The normalized spacial score (nSPS) is 18.0. The number of nitrogens with one attached hydrogen (secondary N) is 1. The zero-order valence-corrected chi connectivity index (χ0v) is 20.6. The fourth-order valence-corrected chi connectivity index (χ4v) is 5.05. The van der Waals surface area contributed by atoms with Crippen molar-refractivity contribution >= 4 is 39.2 Å². The molecule has 0 radical (unpaired) electrons. The summed E-state index contributed by atoms with van der Waals surface area (Å²) >= 11 is 9.23. The second-order valence-corrected chi connectivity index (χ2v) is 9.00. The molecule has 1 aromatic carbocycles. The highest BCUT2D eigenvalue weighted by atomic mass is 79.9. The summed E-state index contributed by atoms with van der Waals surface area (Å²) in [6.07, 6.45) is 1.77. The van der Waals surface area contributed by atoms with E-state index in [0.29, 0.717) is 11.7 Å². The molecule has 0 amide bonds. The molecule has 32 heavy (non-hydrogen) atoms. The lowest BCUT2D eigenvalue weighted by Gasteiger charge is -2.27. The summed E-state index contributed by atoms with van der Waals surface area (Å²) in [6.45, 7) is 6.40. The Morgan fingerprint density at radius 1 is 1.22 bits per heavy atom. The van der Waals surface area contributed by atoms with Crippen LogP contribution in [0.5, 0.6) is 0 Å². The van der Waals surface area contributed by atoms with E-state index in [-0.39, 0.29) is 24.6 Å². The van der Waals surface area contributed by atoms with Crippen molar-refractivity contribution in [1.29, 1.82) is 0 Å². The molecule has 3 heterocycles. The number of aromatic nitrogens is 2. The molecule has 2 aromatic heterocycles. The molecule has 4 rings (SSSR count). The van der Waals surface area contributed by atoms with Crippen LogP contribution in [-0.4, -0.2) is 38.7 Å². The molecule has 2 atom stereocenters. The predicted octanol–water partition coefficient (Wildman–Crippen LogP) is 4.79. The molecule has 0 saturated carbocycles. The minimum atomic E-state index is -0.302. The first-order valence-corrected chi connectivity index (χ1v) is 11.7. The zero-order valence-electron chi connectivity index (χ0n) is 18.2. The lowest BCUT2D eigenvalue weighted by molar-refractivity contribution is -0.143. The Hall–Kier alpha value is -2.71. The number of halogens is 1. The fourth-order valence-electron chi connectivity index (χ4n) is 4.36. The second-order valence-electron chi connectivity index (χ2n) is 7.70. The standard InChI is InChI=1S/C24H25BrN4O2S/c1-4-31-21(30)14-28-23(22(27-24(28)32)20-10-5-6-11-26-20)19-12-15(2)29(16(19)3)18-9-7-8-17(25)13-18/h5-13,22-23H,4,14H2,1-3H3,(H,27,32). The Morgan fingerprint density at radius 2 is 2.03 bits per heavy atom. The third-order valence-electron chi connectivity index (χ3n) is 5.66. The molecular weight excluding hydrogens is 488 g/mol. The molecule has 3 aromatic rings. The molecule has 1 saturated heterocycles. The smallest absolute Gasteiger partial charge is 0.325 e. The summed E-state index contributed by atoms with van der Waals surface area (Å²) in [5, 5.41) is 3.91. The van der Waals surface area contributed by atoms with Gasteiger partial charge in [-0.05, 0) is 75.0 Å². The van der Waals surface area contributed by atoms with Crippen molar-refractivity contribution in [1.82, 2.24) is 19.8 Å². The van der Waals surface area contributed by atoms with Crippen LogP contribution >= 0.6 is 28.1 Å². The number of ether oxygens (including phenoxy) is 1. The van der Waals surface area contributed by atoms with E-state index >= 15 is 0 Å². The van der Waals surface area contributed by atoms with E-state index in [1.807, 2.05) is 35.2 Å². The zero-order chi connectivity index (χ0) is 22.8. The molecule has 166 valence electrons. The second kappa shape index (κ2) is 9.42. The van der Waals surface area contributed by atoms with Gasteiger partial charge in [0.05, 0.1) is 24.4 Å². The summed E-state index contributed by atoms with van der Waals surface area (Å²) in [5.74, 6) is -0.302. The number of esters is 1. The molecule has 0 aliphatic carbocycles. The predicted molar refractivity (Wildman–Crippen MR) is 132 cm³/mol. The first kappa shape index (κ1) is 22.5. The van der Waals surface area contributed by atoms with Crippen molar-refractivity contribution in [2.75, 3.05) is 13.2 Å². The number of carbonyl (C=O) groups is 1. The van der Waals surface area contributed by atoms with Crippen LogP contribution in [0.4, 0.5) is 0 Å². The van der Waals surface area contributed by atoms with E-state index < -0.39 is 0 Å². The summed E-state index contributed by atoms with van der Waals surface area (Å²) in [5.41, 5.74) is 5.23. The van der Waals surface area contributed by atoms with Crippen molar-refractivity contribution in [3.05, 3.63) is 81.8 Å². The summed E-state index contributed by atoms with van der Waals surface area (Å²) in [7, 11) is 0. The SMILES string of the molecule is CCOC(=O)CN1C(=S)NC(c2ccccn2)C1c1cc(C)n(-c2cccc(Br)c2)c1C. The van der Waals surface area contributed by atoms with Crippen LogP contribution in [0, 0.1) is 13.8 Å². The van der Waals surface area contributed by atoms with Crippen molar-refractivity contribution in [2.45, 2.75) is 32.9 Å². The summed E-state index contributed by atoms with van der Waals surface area (Å²) in [4.78, 5) is 18.9. The highest BCUT2D eigenvalue weighted by Crippen LogP contribution is 2.41. The van der Waals surface area contributed by atoms with Crippen LogP contribution in [0.3, 0.4) is 0 Å². The minimum Gasteiger partial charge on any atom is -0.465 e. The molecule has 0 spiro atoms. The quantitative estimate of drug-likeness (QED) is 0.378. The average molecular weight is 513 g/mol. The number of aryl methyl sites for hydroxylation is 1. The molecule has 1 aliphatic heterocycles. The Labute approximate surface area is 201 Å².